The molecule has 4 N–H and O–H groups in total. The molecule has 7 heteroatoms. The van der Waals surface area contributed by atoms with E-state index in [1.165, 1.54) is 22.7 Å². The molecule has 33 heavy (non-hydrogen) atoms. The van der Waals surface area contributed by atoms with Crippen LogP contribution in [0.15, 0.2) is 116 Å². The van der Waals surface area contributed by atoms with Crippen LogP contribution in [-0.2, 0) is 0 Å². The molecule has 0 aliphatic rings. The molecule has 3 rings (SSSR count). The predicted octanol–water partition coefficient (Wildman–Crippen LogP) is 3.08. The zero-order valence-corrected chi connectivity index (χ0v) is 20.9. The van der Waals surface area contributed by atoms with Gasteiger partial charge in [0, 0.05) is 13.1 Å². The molecular formula is C26H29N2O4Sb. The van der Waals surface area contributed by atoms with Crippen LogP contribution < -0.4 is 21.2 Å². The van der Waals surface area contributed by atoms with E-state index >= 15 is 0 Å². The summed E-state index contributed by atoms with van der Waals surface area (Å²) in [6.07, 6.45) is 0.933. The molecule has 0 unspecified atom stereocenters. The van der Waals surface area contributed by atoms with Gasteiger partial charge in [-0.2, -0.15) is 0 Å². The van der Waals surface area contributed by atoms with Crippen LogP contribution in [-0.4, -0.2) is 55.7 Å². The van der Waals surface area contributed by atoms with Crippen LogP contribution in [0.1, 0.15) is 0 Å². The average molecular weight is 555 g/mol. The van der Waals surface area contributed by atoms with Crippen molar-refractivity contribution in [2.75, 3.05) is 13.1 Å². The second-order valence-electron chi connectivity index (χ2n) is 6.29. The Morgan fingerprint density at radius 1 is 0.636 bits per heavy atom. The quantitative estimate of drug-likeness (QED) is 0.266. The SMILES string of the molecule is C=CCNC(=O)O.C=CCNC(=O)O.c1cc[c]([Sb]([c]2ccccc2)[c]2ccccc2)cc1. The van der Waals surface area contributed by atoms with Gasteiger partial charge < -0.3 is 20.8 Å². The summed E-state index contributed by atoms with van der Waals surface area (Å²) < 4.78 is 4.55. The van der Waals surface area contributed by atoms with E-state index < -0.39 is 32.4 Å². The first kappa shape index (κ1) is 27.5. The van der Waals surface area contributed by atoms with Crippen molar-refractivity contribution in [1.82, 2.24) is 10.6 Å². The topological polar surface area (TPSA) is 98.7 Å². The summed E-state index contributed by atoms with van der Waals surface area (Å²) in [5.41, 5.74) is 0. The molecular weight excluding hydrogens is 526 g/mol. The van der Waals surface area contributed by atoms with Crippen LogP contribution in [0.25, 0.3) is 0 Å². The number of nitrogens with one attached hydrogen (secondary N) is 2. The van der Waals surface area contributed by atoms with Crippen LogP contribution in [0.4, 0.5) is 9.59 Å². The number of benzene rings is 3. The van der Waals surface area contributed by atoms with Gasteiger partial charge in [0.25, 0.3) is 0 Å². The first-order chi connectivity index (χ1) is 16.0. The van der Waals surface area contributed by atoms with Gasteiger partial charge in [0.2, 0.25) is 0 Å². The second kappa shape index (κ2) is 17.1. The van der Waals surface area contributed by atoms with Gasteiger partial charge in [-0.3, -0.25) is 0 Å². The molecule has 3 aromatic rings. The first-order valence-corrected chi connectivity index (χ1v) is 13.9. The van der Waals surface area contributed by atoms with Crippen LogP contribution >= 0.6 is 0 Å². The number of hydrogen-bond acceptors (Lipinski definition) is 2. The Morgan fingerprint density at radius 3 is 1.09 bits per heavy atom. The van der Waals surface area contributed by atoms with Gasteiger partial charge in [-0.1, -0.05) is 12.2 Å². The zero-order valence-electron chi connectivity index (χ0n) is 18.3. The van der Waals surface area contributed by atoms with E-state index in [9.17, 15) is 9.59 Å². The standard InChI is InChI=1S/3C6H5.2C4H7NO2.Sb/c3*1-2-4-6-5-3-1;2*1-2-3-5-4(6)7;/h3*1-5H;2*2,5H,1,3H2,(H,6,7);. The summed E-state index contributed by atoms with van der Waals surface area (Å²) in [5.74, 6) is 0. The van der Waals surface area contributed by atoms with Gasteiger partial charge in [0.1, 0.15) is 0 Å². The second-order valence-corrected chi connectivity index (χ2v) is 12.6. The minimum absolute atomic E-state index is 0.315. The molecule has 0 atom stereocenters. The fourth-order valence-electron chi connectivity index (χ4n) is 2.50. The molecule has 0 radical (unpaired) electrons. The molecule has 6 nitrogen and oxygen atoms in total. The summed E-state index contributed by atoms with van der Waals surface area (Å²) in [4.78, 5) is 19.2. The van der Waals surface area contributed by atoms with Gasteiger partial charge in [0.05, 0.1) is 0 Å². The van der Waals surface area contributed by atoms with E-state index in [1.54, 1.807) is 0 Å². The van der Waals surface area contributed by atoms with E-state index in [1.807, 2.05) is 0 Å². The molecule has 0 bridgehead atoms. The fraction of sp³-hybridized carbons (Fsp3) is 0.0769. The maximum absolute atomic E-state index is 9.60. The van der Waals surface area contributed by atoms with Crippen LogP contribution in [0.5, 0.6) is 0 Å². The normalized spacial score (nSPS) is 9.24. The van der Waals surface area contributed by atoms with E-state index in [2.05, 4.69) is 115 Å². The van der Waals surface area contributed by atoms with Crippen LogP contribution in [0.3, 0.4) is 0 Å². The monoisotopic (exact) mass is 554 g/mol. The van der Waals surface area contributed by atoms with Gasteiger partial charge in [0.15, 0.2) is 0 Å². The summed E-state index contributed by atoms with van der Waals surface area (Å²) in [5, 5.41) is 20.0. The van der Waals surface area contributed by atoms with E-state index in [-0.39, 0.29) is 0 Å². The van der Waals surface area contributed by atoms with Gasteiger partial charge in [-0.25, -0.2) is 9.59 Å². The molecule has 0 aliphatic heterocycles. The molecule has 0 saturated heterocycles. The molecule has 0 aromatic heterocycles. The first-order valence-electron chi connectivity index (χ1n) is 10.1. The number of rotatable bonds is 7. The molecule has 0 fully saturated rings. The minimum atomic E-state index is -1.83. The summed E-state index contributed by atoms with van der Waals surface area (Å²) in [7, 11) is 0. The number of hydrogen-bond donors (Lipinski definition) is 4. The Balaban J connectivity index is 0.000000324. The third-order valence-corrected chi connectivity index (χ3v) is 10.8. The van der Waals surface area contributed by atoms with Gasteiger partial charge >= 0.3 is 134 Å². The van der Waals surface area contributed by atoms with Crippen molar-refractivity contribution in [2.24, 2.45) is 0 Å². The summed E-state index contributed by atoms with van der Waals surface area (Å²) >= 11 is -1.83. The van der Waals surface area contributed by atoms with Crippen molar-refractivity contribution in [2.45, 2.75) is 0 Å². The van der Waals surface area contributed by atoms with E-state index in [0.717, 1.165) is 0 Å². The fourth-order valence-corrected chi connectivity index (χ4v) is 9.08. The van der Waals surface area contributed by atoms with Crippen molar-refractivity contribution in [3.8, 4) is 0 Å². The summed E-state index contributed by atoms with van der Waals surface area (Å²) in [6, 6.07) is 32.9. The average Bonchev–Trinajstić information content (AvgIpc) is 2.84. The van der Waals surface area contributed by atoms with Crippen molar-refractivity contribution in [3.63, 3.8) is 0 Å². The number of carboxylic acid groups (broad SMARTS) is 2. The Labute approximate surface area is 202 Å². The van der Waals surface area contributed by atoms with Crippen LogP contribution in [0.2, 0.25) is 0 Å². The Bertz CT molecular complexity index is 851. The third kappa shape index (κ3) is 12.2. The molecule has 172 valence electrons. The van der Waals surface area contributed by atoms with E-state index in [4.69, 9.17) is 10.2 Å². The number of amides is 2. The Hall–Kier alpha value is -3.50. The van der Waals surface area contributed by atoms with E-state index in [0.29, 0.717) is 13.1 Å². The molecule has 2 amide bonds. The predicted molar refractivity (Wildman–Crippen MR) is 136 cm³/mol. The third-order valence-electron chi connectivity index (χ3n) is 3.84. The molecule has 0 spiro atoms. The van der Waals surface area contributed by atoms with Crippen LogP contribution in [0, 0.1) is 0 Å². The number of carbonyl (C=O) groups is 2. The molecule has 3 aromatic carbocycles. The van der Waals surface area contributed by atoms with Crippen molar-refractivity contribution < 1.29 is 19.8 Å². The van der Waals surface area contributed by atoms with Crippen molar-refractivity contribution >= 4 is 42.9 Å². The Kier molecular flexibility index (Phi) is 14.3. The summed E-state index contributed by atoms with van der Waals surface area (Å²) in [6.45, 7) is 7.24. The van der Waals surface area contributed by atoms with Crippen molar-refractivity contribution in [1.29, 1.82) is 0 Å². The van der Waals surface area contributed by atoms with Crippen molar-refractivity contribution in [3.05, 3.63) is 116 Å². The zero-order chi connectivity index (χ0) is 24.3. The molecule has 0 saturated carbocycles. The Morgan fingerprint density at radius 2 is 0.909 bits per heavy atom. The molecule has 0 heterocycles. The van der Waals surface area contributed by atoms with Gasteiger partial charge in [-0.05, 0) is 0 Å². The molecule has 0 aliphatic carbocycles. The van der Waals surface area contributed by atoms with Gasteiger partial charge in [-0.15, -0.1) is 13.2 Å². The maximum atomic E-state index is 9.60.